The summed E-state index contributed by atoms with van der Waals surface area (Å²) in [5.74, 6) is -0.757. The van der Waals surface area contributed by atoms with Crippen molar-refractivity contribution in [3.05, 3.63) is 34.9 Å². The number of ketones is 1. The molecular weight excluding hydrogens is 248 g/mol. The van der Waals surface area contributed by atoms with E-state index < -0.39 is 20.3 Å². The molecule has 1 aromatic carbocycles. The van der Waals surface area contributed by atoms with E-state index in [-0.39, 0.29) is 5.78 Å². The van der Waals surface area contributed by atoms with E-state index in [0.29, 0.717) is 5.56 Å². The third-order valence-electron chi connectivity index (χ3n) is 2.95. The molecule has 0 N–H and O–H groups in total. The van der Waals surface area contributed by atoms with Crippen LogP contribution < -0.4 is 0 Å². The van der Waals surface area contributed by atoms with Crippen molar-refractivity contribution in [2.75, 3.05) is 5.75 Å². The molecule has 0 fully saturated rings. The van der Waals surface area contributed by atoms with Crippen molar-refractivity contribution < 1.29 is 13.2 Å². The van der Waals surface area contributed by atoms with Gasteiger partial charge in [0.2, 0.25) is 0 Å². The lowest BCUT2D eigenvalue weighted by Crippen LogP contribution is -2.33. The van der Waals surface area contributed by atoms with Crippen LogP contribution in [0.1, 0.15) is 42.3 Å². The maximum absolute atomic E-state index is 12.1. The average molecular weight is 268 g/mol. The van der Waals surface area contributed by atoms with E-state index in [0.717, 1.165) is 11.1 Å². The number of carbonyl (C=O) groups is 1. The predicted octanol–water partition coefficient (Wildman–Crippen LogP) is 2.70. The smallest absolute Gasteiger partial charge is 0.178 e. The highest BCUT2D eigenvalue weighted by molar-refractivity contribution is 7.93. The second kappa shape index (κ2) is 4.84. The van der Waals surface area contributed by atoms with E-state index >= 15 is 0 Å². The van der Waals surface area contributed by atoms with Gasteiger partial charge in [0.05, 0.1) is 4.75 Å². The Hall–Kier alpha value is -1.16. The molecule has 0 saturated carbocycles. The van der Waals surface area contributed by atoms with Crippen molar-refractivity contribution in [3.8, 4) is 0 Å². The molecule has 0 aliphatic rings. The Morgan fingerprint density at radius 2 is 1.72 bits per heavy atom. The lowest BCUT2D eigenvalue weighted by atomic mass is 10.0. The average Bonchev–Trinajstić information content (AvgIpc) is 2.19. The largest absolute Gasteiger partial charge is 0.293 e. The fraction of sp³-hybridized carbons (Fsp3) is 0.500. The Morgan fingerprint density at radius 3 is 2.22 bits per heavy atom. The molecule has 0 amide bonds. The Morgan fingerprint density at radius 1 is 1.17 bits per heavy atom. The summed E-state index contributed by atoms with van der Waals surface area (Å²) in [7, 11) is -3.42. The van der Waals surface area contributed by atoms with Crippen molar-refractivity contribution in [2.24, 2.45) is 0 Å². The van der Waals surface area contributed by atoms with Crippen molar-refractivity contribution in [2.45, 2.75) is 39.4 Å². The van der Waals surface area contributed by atoms with Gasteiger partial charge in [-0.2, -0.15) is 0 Å². The number of benzene rings is 1. The van der Waals surface area contributed by atoms with Crippen molar-refractivity contribution in [1.29, 1.82) is 0 Å². The van der Waals surface area contributed by atoms with E-state index in [1.807, 2.05) is 26.0 Å². The van der Waals surface area contributed by atoms with Crippen LogP contribution >= 0.6 is 0 Å². The number of hydrogen-bond donors (Lipinski definition) is 0. The third-order valence-corrected chi connectivity index (χ3v) is 5.46. The van der Waals surface area contributed by atoms with Crippen LogP contribution in [0.3, 0.4) is 0 Å². The van der Waals surface area contributed by atoms with E-state index in [9.17, 15) is 13.2 Å². The highest BCUT2D eigenvalue weighted by Gasteiger charge is 2.31. The van der Waals surface area contributed by atoms with Crippen LogP contribution in [0.4, 0.5) is 0 Å². The summed E-state index contributed by atoms with van der Waals surface area (Å²) in [5.41, 5.74) is 2.27. The van der Waals surface area contributed by atoms with E-state index in [2.05, 4.69) is 0 Å². The standard InChI is InChI=1S/C14H20O3S/c1-10-6-7-11(2)12(8-10)13(15)9-18(16,17)14(3,4)5/h6-8H,9H2,1-5H3. The van der Waals surface area contributed by atoms with Crippen LogP contribution in [0.15, 0.2) is 18.2 Å². The Labute approximate surface area is 109 Å². The number of aryl methyl sites for hydroxylation is 2. The van der Waals surface area contributed by atoms with Gasteiger partial charge >= 0.3 is 0 Å². The van der Waals surface area contributed by atoms with Gasteiger partial charge in [0.25, 0.3) is 0 Å². The lowest BCUT2D eigenvalue weighted by Gasteiger charge is -2.18. The van der Waals surface area contributed by atoms with Crippen LogP contribution in [-0.2, 0) is 9.84 Å². The summed E-state index contributed by atoms with van der Waals surface area (Å²) < 4.78 is 23.1. The van der Waals surface area contributed by atoms with Gasteiger partial charge in [0, 0.05) is 5.56 Å². The first-order valence-corrected chi connectivity index (χ1v) is 7.52. The van der Waals surface area contributed by atoms with E-state index in [1.165, 1.54) is 0 Å². The summed E-state index contributed by atoms with van der Waals surface area (Å²) >= 11 is 0. The molecule has 4 heteroatoms. The van der Waals surface area contributed by atoms with Crippen LogP contribution in [0.5, 0.6) is 0 Å². The summed E-state index contributed by atoms with van der Waals surface area (Å²) in [5, 5.41) is 0. The van der Waals surface area contributed by atoms with Crippen molar-refractivity contribution in [3.63, 3.8) is 0 Å². The highest BCUT2D eigenvalue weighted by atomic mass is 32.2. The first-order chi connectivity index (χ1) is 8.04. The summed E-state index contributed by atoms with van der Waals surface area (Å²) in [6.45, 7) is 8.53. The summed E-state index contributed by atoms with van der Waals surface area (Å²) in [6, 6.07) is 5.49. The minimum absolute atomic E-state index is 0.328. The fourth-order valence-corrected chi connectivity index (χ4v) is 2.44. The molecule has 100 valence electrons. The number of hydrogen-bond acceptors (Lipinski definition) is 3. The van der Waals surface area contributed by atoms with Crippen LogP contribution in [0, 0.1) is 13.8 Å². The number of Topliss-reactive ketones (excluding diaryl/α,β-unsaturated/α-hetero) is 1. The molecule has 0 radical (unpaired) electrons. The second-order valence-electron chi connectivity index (χ2n) is 5.61. The molecule has 0 heterocycles. The van der Waals surface area contributed by atoms with Gasteiger partial charge in [0.1, 0.15) is 5.75 Å². The molecule has 0 aliphatic heterocycles. The van der Waals surface area contributed by atoms with Crippen LogP contribution in [0.25, 0.3) is 0 Å². The van der Waals surface area contributed by atoms with Gasteiger partial charge in [-0.3, -0.25) is 4.79 Å². The molecule has 18 heavy (non-hydrogen) atoms. The Kier molecular flexibility index (Phi) is 4.01. The molecule has 0 atom stereocenters. The molecule has 1 rings (SSSR count). The van der Waals surface area contributed by atoms with Gasteiger partial charge < -0.3 is 0 Å². The zero-order valence-corrected chi connectivity index (χ0v) is 12.4. The van der Waals surface area contributed by atoms with Crippen LogP contribution in [0.2, 0.25) is 0 Å². The molecule has 0 saturated heterocycles. The normalized spacial score (nSPS) is 12.5. The molecule has 0 bridgehead atoms. The Balaban J connectivity index is 3.08. The van der Waals surface area contributed by atoms with Crippen LogP contribution in [-0.4, -0.2) is 24.7 Å². The molecule has 0 spiro atoms. The lowest BCUT2D eigenvalue weighted by molar-refractivity contribution is 0.101. The summed E-state index contributed by atoms with van der Waals surface area (Å²) in [6.07, 6.45) is 0. The monoisotopic (exact) mass is 268 g/mol. The highest BCUT2D eigenvalue weighted by Crippen LogP contribution is 2.19. The maximum Gasteiger partial charge on any atom is 0.178 e. The molecule has 3 nitrogen and oxygen atoms in total. The molecule has 0 aromatic heterocycles. The summed E-state index contributed by atoms with van der Waals surface area (Å²) in [4.78, 5) is 12.1. The number of rotatable bonds is 3. The van der Waals surface area contributed by atoms with Gasteiger partial charge in [-0.05, 0) is 46.2 Å². The zero-order chi connectivity index (χ0) is 14.1. The number of sulfone groups is 1. The molecular formula is C14H20O3S. The van der Waals surface area contributed by atoms with Gasteiger partial charge in [-0.15, -0.1) is 0 Å². The molecule has 0 unspecified atom stereocenters. The maximum atomic E-state index is 12.1. The minimum Gasteiger partial charge on any atom is -0.293 e. The molecule has 1 aromatic rings. The van der Waals surface area contributed by atoms with Crippen molar-refractivity contribution >= 4 is 15.6 Å². The first-order valence-electron chi connectivity index (χ1n) is 5.87. The van der Waals surface area contributed by atoms with Gasteiger partial charge in [-0.1, -0.05) is 17.7 Å². The number of carbonyl (C=O) groups excluding carboxylic acids is 1. The Bertz CT molecular complexity index is 563. The topological polar surface area (TPSA) is 51.2 Å². The minimum atomic E-state index is -3.42. The first kappa shape index (κ1) is 14.9. The zero-order valence-electron chi connectivity index (χ0n) is 11.6. The quantitative estimate of drug-likeness (QED) is 0.792. The SMILES string of the molecule is Cc1ccc(C)c(C(=O)CS(=O)(=O)C(C)(C)C)c1. The van der Waals surface area contributed by atoms with Gasteiger partial charge in [0.15, 0.2) is 15.6 Å². The fourth-order valence-electron chi connectivity index (χ4n) is 1.50. The van der Waals surface area contributed by atoms with Crippen molar-refractivity contribution in [1.82, 2.24) is 0 Å². The third kappa shape index (κ3) is 3.19. The predicted molar refractivity (Wildman–Crippen MR) is 73.8 cm³/mol. The second-order valence-corrected chi connectivity index (χ2v) is 8.36. The van der Waals surface area contributed by atoms with E-state index in [4.69, 9.17) is 0 Å². The molecule has 0 aliphatic carbocycles. The van der Waals surface area contributed by atoms with E-state index in [1.54, 1.807) is 26.8 Å². The van der Waals surface area contributed by atoms with Gasteiger partial charge in [-0.25, -0.2) is 8.42 Å².